The van der Waals surface area contributed by atoms with E-state index < -0.39 is 41.4 Å². The Kier molecular flexibility index (Phi) is 8.08. The number of nitrogens with zero attached hydrogens (tertiary/aromatic N) is 3. The molecule has 1 N–H and O–H groups in total. The molecule has 15 heteroatoms. The summed E-state index contributed by atoms with van der Waals surface area (Å²) in [5.74, 6) is -1.25. The largest absolute Gasteiger partial charge is 0.467 e. The number of ether oxygens (including phenoxy) is 1. The number of methoxy groups -OCH3 is 1. The number of amides is 1. The maximum Gasteiger partial charge on any atom is 0.417 e. The van der Waals surface area contributed by atoms with Crippen molar-refractivity contribution in [3.8, 4) is 0 Å². The van der Waals surface area contributed by atoms with Gasteiger partial charge in [0.15, 0.2) is 5.16 Å². The molecule has 2 aromatic heterocycles. The molecule has 3 aromatic rings. The molecule has 0 fully saturated rings. The van der Waals surface area contributed by atoms with E-state index in [0.29, 0.717) is 12.3 Å². The lowest BCUT2D eigenvalue weighted by Crippen LogP contribution is -2.41. The van der Waals surface area contributed by atoms with Crippen molar-refractivity contribution < 1.29 is 40.7 Å². The molecule has 0 aliphatic carbocycles. The van der Waals surface area contributed by atoms with Gasteiger partial charge in [-0.25, -0.2) is 14.8 Å². The Morgan fingerprint density at radius 3 is 2.36 bits per heavy atom. The van der Waals surface area contributed by atoms with E-state index in [2.05, 4.69) is 20.0 Å². The summed E-state index contributed by atoms with van der Waals surface area (Å²) in [5, 5.41) is 2.08. The number of fused-ring (bicyclic) bond motifs is 1. The van der Waals surface area contributed by atoms with E-state index in [1.807, 2.05) is 0 Å². The fraction of sp³-hybridized carbons (Fsp3) is 0.333. The number of aromatic nitrogens is 3. The van der Waals surface area contributed by atoms with Gasteiger partial charge < -0.3 is 14.6 Å². The quantitative estimate of drug-likeness (QED) is 0.313. The molecule has 0 aliphatic rings. The van der Waals surface area contributed by atoms with E-state index in [-0.39, 0.29) is 39.2 Å². The van der Waals surface area contributed by atoms with Crippen LogP contribution in [0.4, 0.5) is 26.3 Å². The number of halogens is 7. The van der Waals surface area contributed by atoms with E-state index in [1.165, 1.54) is 17.6 Å². The van der Waals surface area contributed by atoms with Gasteiger partial charge in [0.1, 0.15) is 11.1 Å². The summed E-state index contributed by atoms with van der Waals surface area (Å²) in [6.07, 6.45) is -8.76. The molecule has 0 bridgehead atoms. The average Bonchev–Trinajstić information content (AvgIpc) is 3.12. The summed E-state index contributed by atoms with van der Waals surface area (Å²) in [6, 6.07) is 2.47. The zero-order valence-corrected chi connectivity index (χ0v) is 20.1. The van der Waals surface area contributed by atoms with Crippen LogP contribution >= 0.6 is 23.4 Å². The smallest absolute Gasteiger partial charge is 0.417 e. The van der Waals surface area contributed by atoms with Crippen LogP contribution in [0.5, 0.6) is 0 Å². The first kappa shape index (κ1) is 27.6. The monoisotopic (exact) mass is 554 g/mol. The topological polar surface area (TPSA) is 86.1 Å². The van der Waals surface area contributed by atoms with Gasteiger partial charge in [-0.2, -0.15) is 26.3 Å². The van der Waals surface area contributed by atoms with Crippen molar-refractivity contribution in [3.63, 3.8) is 0 Å². The Morgan fingerprint density at radius 2 is 1.81 bits per heavy atom. The normalized spacial score (nSPS) is 13.0. The fourth-order valence-electron chi connectivity index (χ4n) is 3.21. The molecule has 36 heavy (non-hydrogen) atoms. The van der Waals surface area contributed by atoms with Gasteiger partial charge in [0, 0.05) is 19.7 Å². The number of hydrogen-bond acceptors (Lipinski definition) is 6. The highest BCUT2D eigenvalue weighted by atomic mass is 35.5. The Bertz CT molecular complexity index is 1300. The Morgan fingerprint density at radius 1 is 1.14 bits per heavy atom. The maximum atomic E-state index is 13.2. The van der Waals surface area contributed by atoms with Crippen LogP contribution in [0.1, 0.15) is 24.5 Å². The third-order valence-electron chi connectivity index (χ3n) is 4.87. The zero-order valence-electron chi connectivity index (χ0n) is 18.5. The van der Waals surface area contributed by atoms with Gasteiger partial charge in [-0.05, 0) is 42.4 Å². The third kappa shape index (κ3) is 6.40. The van der Waals surface area contributed by atoms with Gasteiger partial charge in [0.25, 0.3) is 0 Å². The van der Waals surface area contributed by atoms with Crippen molar-refractivity contribution in [1.82, 2.24) is 19.9 Å². The van der Waals surface area contributed by atoms with Crippen LogP contribution in [0, 0.1) is 0 Å². The number of alkyl halides is 6. The summed E-state index contributed by atoms with van der Waals surface area (Å²) in [5.41, 5.74) is -1.83. The van der Waals surface area contributed by atoms with Crippen molar-refractivity contribution in [2.24, 2.45) is 0 Å². The van der Waals surface area contributed by atoms with Crippen LogP contribution in [0.2, 0.25) is 5.02 Å². The number of carbonyl (C=O) groups excluding carboxylic acids is 2. The molecule has 3 rings (SSSR count). The molecule has 194 valence electrons. The highest BCUT2D eigenvalue weighted by Gasteiger charge is 2.33. The minimum Gasteiger partial charge on any atom is -0.467 e. The van der Waals surface area contributed by atoms with Crippen LogP contribution in [0.25, 0.3) is 11.0 Å². The van der Waals surface area contributed by atoms with E-state index >= 15 is 0 Å². The molecular formula is C21H17ClF6N4O3S. The highest BCUT2D eigenvalue weighted by Crippen LogP contribution is 2.38. The number of carbonyl (C=O) groups is 2. The van der Waals surface area contributed by atoms with Crippen LogP contribution in [-0.4, -0.2) is 39.6 Å². The van der Waals surface area contributed by atoms with Gasteiger partial charge in [-0.15, -0.1) is 0 Å². The molecule has 1 amide bonds. The minimum atomic E-state index is -4.67. The summed E-state index contributed by atoms with van der Waals surface area (Å²) >= 11 is 6.72. The van der Waals surface area contributed by atoms with Crippen molar-refractivity contribution in [1.29, 1.82) is 0 Å². The van der Waals surface area contributed by atoms with Crippen molar-refractivity contribution in [3.05, 3.63) is 46.6 Å². The number of hydrogen-bond donors (Lipinski definition) is 1. The molecule has 2 heterocycles. The molecule has 1 aromatic carbocycles. The SMILES string of the molecule is COC(=O)[C@H](CCn1c(Sc2ncc(C(F)(F)F)cc2Cl)nc2cc(C(F)(F)F)ccc21)NC(C)=O. The Hall–Kier alpha value is -3.00. The molecular weight excluding hydrogens is 538 g/mol. The fourth-order valence-corrected chi connectivity index (χ4v) is 4.38. The molecule has 0 unspecified atom stereocenters. The number of pyridine rings is 1. The van der Waals surface area contributed by atoms with Crippen molar-refractivity contribution >= 4 is 46.3 Å². The van der Waals surface area contributed by atoms with Crippen molar-refractivity contribution in [2.45, 2.75) is 48.5 Å². The lowest BCUT2D eigenvalue weighted by atomic mass is 10.2. The zero-order chi connectivity index (χ0) is 26.8. The predicted molar refractivity (Wildman–Crippen MR) is 117 cm³/mol. The molecule has 0 saturated carbocycles. The first-order valence-electron chi connectivity index (χ1n) is 10.0. The second kappa shape index (κ2) is 10.5. The molecule has 0 aliphatic heterocycles. The van der Waals surface area contributed by atoms with E-state index in [0.717, 1.165) is 31.0 Å². The standard InChI is InChI=1S/C21H17ClF6N4O3S/c1-10(33)30-14(18(34)35-2)5-6-32-16-4-3-11(20(23,24)25)8-15(16)31-19(32)36-17-13(22)7-12(9-29-17)21(26,27)28/h3-4,7-9,14H,5-6H2,1-2H3,(H,30,33)/t14-/m0/s1. The second-order valence-electron chi connectivity index (χ2n) is 7.42. The van der Waals surface area contributed by atoms with Crippen molar-refractivity contribution in [2.75, 3.05) is 7.11 Å². The second-order valence-corrected chi connectivity index (χ2v) is 8.79. The minimum absolute atomic E-state index is 0.0253. The van der Waals surface area contributed by atoms with Gasteiger partial charge in [-0.3, -0.25) is 4.79 Å². The summed E-state index contributed by atoms with van der Waals surface area (Å²) in [7, 11) is 1.13. The number of rotatable bonds is 7. The van der Waals surface area contributed by atoms with Gasteiger partial charge >= 0.3 is 18.3 Å². The molecule has 1 atom stereocenters. The van der Waals surface area contributed by atoms with Crippen LogP contribution in [0.15, 0.2) is 40.6 Å². The molecule has 7 nitrogen and oxygen atoms in total. The number of benzene rings is 1. The third-order valence-corrected chi connectivity index (χ3v) is 6.28. The summed E-state index contributed by atoms with van der Waals surface area (Å²) in [6.45, 7) is 1.17. The maximum absolute atomic E-state index is 13.2. The van der Waals surface area contributed by atoms with Gasteiger partial charge in [0.05, 0.1) is 34.3 Å². The van der Waals surface area contributed by atoms with E-state index in [1.54, 1.807) is 0 Å². The Balaban J connectivity index is 2.03. The lowest BCUT2D eigenvalue weighted by Gasteiger charge is -2.17. The average molecular weight is 555 g/mol. The highest BCUT2D eigenvalue weighted by molar-refractivity contribution is 7.99. The van der Waals surface area contributed by atoms with Gasteiger partial charge in [-0.1, -0.05) is 11.6 Å². The number of nitrogens with one attached hydrogen (secondary N) is 1. The first-order chi connectivity index (χ1) is 16.7. The number of aryl methyl sites for hydroxylation is 1. The molecule has 0 spiro atoms. The predicted octanol–water partition coefficient (Wildman–Crippen LogP) is 5.34. The molecule has 0 radical (unpaired) electrons. The lowest BCUT2D eigenvalue weighted by molar-refractivity contribution is -0.145. The number of esters is 1. The molecule has 0 saturated heterocycles. The Labute approximate surface area is 209 Å². The van der Waals surface area contributed by atoms with Gasteiger partial charge in [0.2, 0.25) is 5.91 Å². The van der Waals surface area contributed by atoms with E-state index in [9.17, 15) is 35.9 Å². The summed E-state index contributed by atoms with van der Waals surface area (Å²) in [4.78, 5) is 31.5. The summed E-state index contributed by atoms with van der Waals surface area (Å²) < 4.78 is 84.6. The first-order valence-corrected chi connectivity index (χ1v) is 11.2. The van der Waals surface area contributed by atoms with Crippen LogP contribution < -0.4 is 5.32 Å². The number of imidazole rings is 1. The van der Waals surface area contributed by atoms with Crippen LogP contribution in [0.3, 0.4) is 0 Å². The van der Waals surface area contributed by atoms with E-state index in [4.69, 9.17) is 11.6 Å². The van der Waals surface area contributed by atoms with Crippen LogP contribution in [-0.2, 0) is 33.2 Å².